The number of nitrogens with one attached hydrogen (secondary N) is 1. The Balaban J connectivity index is 2.54. The lowest BCUT2D eigenvalue weighted by atomic mass is 9.94. The summed E-state index contributed by atoms with van der Waals surface area (Å²) in [6, 6.07) is 3.04. The van der Waals surface area contributed by atoms with E-state index in [4.69, 9.17) is 5.11 Å². The first-order valence-electron chi connectivity index (χ1n) is 7.35. The topological polar surface area (TPSA) is 83.5 Å². The van der Waals surface area contributed by atoms with Crippen LogP contribution < -0.4 is 5.32 Å². The summed E-state index contributed by atoms with van der Waals surface area (Å²) >= 11 is 0. The largest absolute Gasteiger partial charge is 0.480 e. The Hall–Kier alpha value is -2.17. The monoisotopic (exact) mass is 305 g/mol. The van der Waals surface area contributed by atoms with E-state index in [2.05, 4.69) is 5.32 Å². The molecule has 1 amide bonds. The molecule has 0 aliphatic heterocycles. The Labute approximate surface area is 130 Å². The number of rotatable bonds is 7. The van der Waals surface area contributed by atoms with Crippen LogP contribution in [0.5, 0.6) is 0 Å². The summed E-state index contributed by atoms with van der Waals surface area (Å²) in [6.07, 6.45) is 0.830. The highest BCUT2D eigenvalue weighted by Crippen LogP contribution is 2.19. The number of ketones is 1. The minimum absolute atomic E-state index is 0.0223. The average Bonchev–Trinajstić information content (AvgIpc) is 2.36. The molecule has 0 spiro atoms. The van der Waals surface area contributed by atoms with E-state index in [9.17, 15) is 14.4 Å². The SMILES string of the molecule is Cc1cc(C)c(C(=O)CCCC(=O)NC(C)C(=O)O)c(C)c1. The maximum absolute atomic E-state index is 12.3. The number of Topliss-reactive ketones (excluding diaryl/α,β-unsaturated/α-hetero) is 1. The summed E-state index contributed by atoms with van der Waals surface area (Å²) in [7, 11) is 0. The fourth-order valence-electron chi connectivity index (χ4n) is 2.53. The lowest BCUT2D eigenvalue weighted by Gasteiger charge is -2.11. The lowest BCUT2D eigenvalue weighted by molar-refractivity contribution is -0.141. The Kier molecular flexibility index (Phi) is 6.28. The Morgan fingerprint density at radius 1 is 1.09 bits per heavy atom. The van der Waals surface area contributed by atoms with Crippen LogP contribution in [0.3, 0.4) is 0 Å². The third kappa shape index (κ3) is 4.98. The maximum atomic E-state index is 12.3. The molecule has 0 aromatic heterocycles. The van der Waals surface area contributed by atoms with E-state index in [1.54, 1.807) is 0 Å². The van der Waals surface area contributed by atoms with Gasteiger partial charge in [-0.1, -0.05) is 17.7 Å². The van der Waals surface area contributed by atoms with Gasteiger partial charge in [-0.05, 0) is 45.2 Å². The Bertz CT molecular complexity index is 569. The van der Waals surface area contributed by atoms with Gasteiger partial charge in [0, 0.05) is 18.4 Å². The number of carbonyl (C=O) groups is 3. The molecule has 0 saturated carbocycles. The summed E-state index contributed by atoms with van der Waals surface area (Å²) in [4.78, 5) is 34.5. The Morgan fingerprint density at radius 3 is 2.14 bits per heavy atom. The molecule has 1 aromatic carbocycles. The minimum atomic E-state index is -1.07. The number of aryl methyl sites for hydroxylation is 3. The summed E-state index contributed by atoms with van der Waals surface area (Å²) in [5.41, 5.74) is 3.75. The highest BCUT2D eigenvalue weighted by atomic mass is 16.4. The molecule has 22 heavy (non-hydrogen) atoms. The first-order chi connectivity index (χ1) is 10.2. The maximum Gasteiger partial charge on any atom is 0.325 e. The molecule has 0 fully saturated rings. The molecule has 1 atom stereocenters. The van der Waals surface area contributed by atoms with Gasteiger partial charge in [0.25, 0.3) is 0 Å². The molecule has 0 saturated heterocycles. The van der Waals surface area contributed by atoms with Gasteiger partial charge in [0.05, 0.1) is 0 Å². The van der Waals surface area contributed by atoms with E-state index in [1.807, 2.05) is 32.9 Å². The molecule has 0 radical (unpaired) electrons. The normalized spacial score (nSPS) is 11.8. The summed E-state index contributed by atoms with van der Waals surface area (Å²) in [5, 5.41) is 11.1. The van der Waals surface area contributed by atoms with E-state index in [0.29, 0.717) is 6.42 Å². The quantitative estimate of drug-likeness (QED) is 0.758. The minimum Gasteiger partial charge on any atom is -0.480 e. The van der Waals surface area contributed by atoms with Crippen LogP contribution in [0, 0.1) is 20.8 Å². The van der Waals surface area contributed by atoms with Crippen LogP contribution in [0.15, 0.2) is 12.1 Å². The van der Waals surface area contributed by atoms with Crippen molar-refractivity contribution >= 4 is 17.7 Å². The number of carbonyl (C=O) groups excluding carboxylic acids is 2. The number of benzene rings is 1. The molecule has 1 unspecified atom stereocenters. The molecule has 0 heterocycles. The van der Waals surface area contributed by atoms with Crippen LogP contribution in [0.4, 0.5) is 0 Å². The second-order valence-electron chi connectivity index (χ2n) is 5.68. The van der Waals surface area contributed by atoms with Crippen molar-refractivity contribution in [1.82, 2.24) is 5.32 Å². The predicted molar refractivity (Wildman–Crippen MR) is 84.1 cm³/mol. The number of aliphatic carboxylic acids is 1. The van der Waals surface area contributed by atoms with Crippen molar-refractivity contribution in [2.75, 3.05) is 0 Å². The van der Waals surface area contributed by atoms with Crippen molar-refractivity contribution in [1.29, 1.82) is 0 Å². The van der Waals surface area contributed by atoms with Crippen LogP contribution in [0.25, 0.3) is 0 Å². The molecule has 0 bridgehead atoms. The second-order valence-corrected chi connectivity index (χ2v) is 5.68. The van der Waals surface area contributed by atoms with Gasteiger partial charge in [0.2, 0.25) is 5.91 Å². The molecule has 5 heteroatoms. The molecular weight excluding hydrogens is 282 g/mol. The molecule has 1 rings (SSSR count). The summed E-state index contributed by atoms with van der Waals surface area (Å²) in [6.45, 7) is 7.22. The molecule has 1 aromatic rings. The lowest BCUT2D eigenvalue weighted by Crippen LogP contribution is -2.38. The molecule has 0 aliphatic carbocycles. The van der Waals surface area contributed by atoms with E-state index >= 15 is 0 Å². The highest BCUT2D eigenvalue weighted by molar-refractivity contribution is 5.99. The van der Waals surface area contributed by atoms with Gasteiger partial charge in [0.15, 0.2) is 5.78 Å². The zero-order valence-corrected chi connectivity index (χ0v) is 13.5. The average molecular weight is 305 g/mol. The number of hydrogen-bond donors (Lipinski definition) is 2. The van der Waals surface area contributed by atoms with Crippen molar-refractivity contribution < 1.29 is 19.5 Å². The van der Waals surface area contributed by atoms with E-state index < -0.39 is 12.0 Å². The van der Waals surface area contributed by atoms with Crippen LogP contribution in [0.1, 0.15) is 53.2 Å². The van der Waals surface area contributed by atoms with Crippen LogP contribution in [0.2, 0.25) is 0 Å². The van der Waals surface area contributed by atoms with Crippen molar-refractivity contribution in [2.24, 2.45) is 0 Å². The fraction of sp³-hybridized carbons (Fsp3) is 0.471. The Morgan fingerprint density at radius 2 is 1.64 bits per heavy atom. The van der Waals surface area contributed by atoms with E-state index in [1.165, 1.54) is 6.92 Å². The van der Waals surface area contributed by atoms with Crippen molar-refractivity contribution in [2.45, 2.75) is 53.0 Å². The predicted octanol–water partition coefficient (Wildman–Crippen LogP) is 2.55. The third-order valence-electron chi connectivity index (χ3n) is 3.51. The molecule has 120 valence electrons. The van der Waals surface area contributed by atoms with Crippen LogP contribution in [-0.4, -0.2) is 28.8 Å². The van der Waals surface area contributed by atoms with Gasteiger partial charge in [-0.3, -0.25) is 14.4 Å². The van der Waals surface area contributed by atoms with Gasteiger partial charge < -0.3 is 10.4 Å². The third-order valence-corrected chi connectivity index (χ3v) is 3.51. The second kappa shape index (κ2) is 7.73. The van der Waals surface area contributed by atoms with Gasteiger partial charge >= 0.3 is 5.97 Å². The standard InChI is InChI=1S/C17H23NO4/c1-10-8-11(2)16(12(3)9-10)14(19)6-5-7-15(20)18-13(4)17(21)22/h8-9,13H,5-7H2,1-4H3,(H,18,20)(H,21,22). The van der Waals surface area contributed by atoms with Gasteiger partial charge in [0.1, 0.15) is 6.04 Å². The zero-order chi connectivity index (χ0) is 16.9. The molecule has 5 nitrogen and oxygen atoms in total. The smallest absolute Gasteiger partial charge is 0.325 e. The number of hydrogen-bond acceptors (Lipinski definition) is 3. The molecule has 2 N–H and O–H groups in total. The van der Waals surface area contributed by atoms with Gasteiger partial charge in [-0.15, -0.1) is 0 Å². The number of carboxylic acids is 1. The van der Waals surface area contributed by atoms with Gasteiger partial charge in [-0.25, -0.2) is 0 Å². The first-order valence-corrected chi connectivity index (χ1v) is 7.35. The van der Waals surface area contributed by atoms with Gasteiger partial charge in [-0.2, -0.15) is 0 Å². The number of amides is 1. The van der Waals surface area contributed by atoms with Crippen molar-refractivity contribution in [3.63, 3.8) is 0 Å². The first kappa shape index (κ1) is 17.9. The zero-order valence-electron chi connectivity index (χ0n) is 13.5. The van der Waals surface area contributed by atoms with E-state index in [0.717, 1.165) is 22.3 Å². The van der Waals surface area contributed by atoms with Crippen molar-refractivity contribution in [3.8, 4) is 0 Å². The molecule has 0 aliphatic rings. The fourth-order valence-corrected chi connectivity index (χ4v) is 2.53. The highest BCUT2D eigenvalue weighted by Gasteiger charge is 2.16. The summed E-state index contributed by atoms with van der Waals surface area (Å²) < 4.78 is 0. The van der Waals surface area contributed by atoms with Crippen LogP contribution >= 0.6 is 0 Å². The van der Waals surface area contributed by atoms with E-state index in [-0.39, 0.29) is 24.5 Å². The summed E-state index contributed by atoms with van der Waals surface area (Å²) in [5.74, 6) is -1.40. The van der Waals surface area contributed by atoms with Crippen LogP contribution in [-0.2, 0) is 9.59 Å². The van der Waals surface area contributed by atoms with Crippen molar-refractivity contribution in [3.05, 3.63) is 34.4 Å². The molecular formula is C17H23NO4. The number of carboxylic acid groups (broad SMARTS) is 1.